The zero-order valence-corrected chi connectivity index (χ0v) is 17.0. The Bertz CT molecular complexity index is 884. The highest BCUT2D eigenvalue weighted by molar-refractivity contribution is 5.95. The van der Waals surface area contributed by atoms with Crippen LogP contribution in [-0.2, 0) is 6.54 Å². The summed E-state index contributed by atoms with van der Waals surface area (Å²) in [6.45, 7) is 8.02. The highest BCUT2D eigenvalue weighted by atomic mass is 16.6. The molecule has 7 nitrogen and oxygen atoms in total. The molecule has 0 N–H and O–H groups in total. The summed E-state index contributed by atoms with van der Waals surface area (Å²) in [7, 11) is 0. The van der Waals surface area contributed by atoms with Gasteiger partial charge in [-0.1, -0.05) is 24.3 Å². The zero-order chi connectivity index (χ0) is 20.8. The number of nitro groups is 1. The molecule has 3 rings (SSSR count). The topological polar surface area (TPSA) is 75.9 Å². The summed E-state index contributed by atoms with van der Waals surface area (Å²) >= 11 is 0. The first-order valence-electron chi connectivity index (χ1n) is 9.97. The van der Waals surface area contributed by atoms with E-state index in [1.54, 1.807) is 17.9 Å². The monoisotopic (exact) mass is 397 g/mol. The molecule has 0 unspecified atom stereocenters. The molecule has 2 aromatic rings. The number of benzene rings is 2. The molecule has 1 amide bonds. The lowest BCUT2D eigenvalue weighted by Crippen LogP contribution is -2.35. The fourth-order valence-corrected chi connectivity index (χ4v) is 3.61. The second-order valence-electron chi connectivity index (χ2n) is 7.22. The van der Waals surface area contributed by atoms with Crippen molar-refractivity contribution in [2.75, 3.05) is 32.8 Å². The van der Waals surface area contributed by atoms with Gasteiger partial charge < -0.3 is 9.64 Å². The molecule has 7 heteroatoms. The number of hydrogen-bond donors (Lipinski definition) is 0. The Kier molecular flexibility index (Phi) is 6.82. The molecule has 1 aliphatic heterocycles. The highest BCUT2D eigenvalue weighted by Gasteiger charge is 2.24. The highest BCUT2D eigenvalue weighted by Crippen LogP contribution is 2.28. The number of ether oxygens (including phenoxy) is 1. The smallest absolute Gasteiger partial charge is 0.311 e. The van der Waals surface area contributed by atoms with E-state index in [1.165, 1.54) is 23.3 Å². The van der Waals surface area contributed by atoms with E-state index in [2.05, 4.69) is 30.0 Å². The van der Waals surface area contributed by atoms with E-state index in [4.69, 9.17) is 4.74 Å². The zero-order valence-electron chi connectivity index (χ0n) is 17.0. The van der Waals surface area contributed by atoms with Crippen LogP contribution in [0.1, 0.15) is 34.8 Å². The van der Waals surface area contributed by atoms with Crippen LogP contribution in [0.15, 0.2) is 42.5 Å². The fourth-order valence-electron chi connectivity index (χ4n) is 3.61. The third-order valence-electron chi connectivity index (χ3n) is 5.23. The number of amides is 1. The SMILES string of the molecule is CCOc1ccc(C(=O)N2CCCN(Cc3ccccc3C)CC2)cc1[N+](=O)[O-]. The molecule has 2 aromatic carbocycles. The Labute approximate surface area is 171 Å². The molecule has 29 heavy (non-hydrogen) atoms. The average molecular weight is 397 g/mol. The first kappa shape index (κ1) is 20.8. The summed E-state index contributed by atoms with van der Waals surface area (Å²) in [5.41, 5.74) is 2.72. The van der Waals surface area contributed by atoms with E-state index < -0.39 is 4.92 Å². The molecule has 0 atom stereocenters. The molecule has 0 aromatic heterocycles. The van der Waals surface area contributed by atoms with Crippen molar-refractivity contribution in [1.82, 2.24) is 9.80 Å². The molecule has 0 radical (unpaired) electrons. The van der Waals surface area contributed by atoms with Crippen LogP contribution in [0.2, 0.25) is 0 Å². The molecule has 0 aliphatic carbocycles. The maximum absolute atomic E-state index is 13.0. The van der Waals surface area contributed by atoms with Crippen LogP contribution in [0.5, 0.6) is 5.75 Å². The van der Waals surface area contributed by atoms with Gasteiger partial charge in [0, 0.05) is 44.4 Å². The molecule has 1 heterocycles. The Balaban J connectivity index is 1.68. The minimum atomic E-state index is -0.506. The van der Waals surface area contributed by atoms with Crippen molar-refractivity contribution in [3.05, 3.63) is 69.3 Å². The van der Waals surface area contributed by atoms with Gasteiger partial charge in [0.15, 0.2) is 5.75 Å². The van der Waals surface area contributed by atoms with Gasteiger partial charge in [-0.25, -0.2) is 0 Å². The van der Waals surface area contributed by atoms with Crippen LogP contribution >= 0.6 is 0 Å². The van der Waals surface area contributed by atoms with Crippen LogP contribution in [-0.4, -0.2) is 53.4 Å². The van der Waals surface area contributed by atoms with Gasteiger partial charge in [0.05, 0.1) is 11.5 Å². The minimum Gasteiger partial charge on any atom is -0.487 e. The molecule has 1 fully saturated rings. The second kappa shape index (κ2) is 9.52. The standard InChI is InChI=1S/C22H27N3O4/c1-3-29-21-10-9-18(15-20(21)25(27)28)22(26)24-12-6-11-23(13-14-24)16-19-8-5-4-7-17(19)2/h4-5,7-10,15H,3,6,11-14,16H2,1-2H3. The molecular formula is C22H27N3O4. The molecule has 1 saturated heterocycles. The summed E-state index contributed by atoms with van der Waals surface area (Å²) in [5, 5.41) is 11.3. The second-order valence-corrected chi connectivity index (χ2v) is 7.22. The minimum absolute atomic E-state index is 0.172. The number of hydrogen-bond acceptors (Lipinski definition) is 5. The Morgan fingerprint density at radius 3 is 2.66 bits per heavy atom. The van der Waals surface area contributed by atoms with E-state index >= 15 is 0 Å². The van der Waals surface area contributed by atoms with Gasteiger partial charge in [-0.2, -0.15) is 0 Å². The number of nitrogens with zero attached hydrogens (tertiary/aromatic N) is 3. The Morgan fingerprint density at radius 1 is 1.14 bits per heavy atom. The van der Waals surface area contributed by atoms with Crippen molar-refractivity contribution in [1.29, 1.82) is 0 Å². The van der Waals surface area contributed by atoms with Gasteiger partial charge in [0.1, 0.15) is 0 Å². The summed E-state index contributed by atoms with van der Waals surface area (Å²) in [6.07, 6.45) is 0.872. The van der Waals surface area contributed by atoms with E-state index in [9.17, 15) is 14.9 Å². The summed E-state index contributed by atoms with van der Waals surface area (Å²) in [5.74, 6) is 0.0169. The van der Waals surface area contributed by atoms with Crippen LogP contribution in [0, 0.1) is 17.0 Å². The lowest BCUT2D eigenvalue weighted by atomic mass is 10.1. The molecule has 0 bridgehead atoms. The number of nitro benzene ring substituents is 1. The van der Waals surface area contributed by atoms with Crippen LogP contribution in [0.4, 0.5) is 5.69 Å². The number of aryl methyl sites for hydroxylation is 1. The lowest BCUT2D eigenvalue weighted by molar-refractivity contribution is -0.385. The van der Waals surface area contributed by atoms with E-state index in [0.717, 1.165) is 26.1 Å². The number of carbonyl (C=O) groups excluding carboxylic acids is 1. The molecule has 0 spiro atoms. The van der Waals surface area contributed by atoms with E-state index in [1.807, 2.05) is 6.07 Å². The number of rotatable bonds is 6. The number of carbonyl (C=O) groups is 1. The van der Waals surface area contributed by atoms with Crippen molar-refractivity contribution in [3.8, 4) is 5.75 Å². The van der Waals surface area contributed by atoms with Gasteiger partial charge in [0.25, 0.3) is 5.91 Å². The van der Waals surface area contributed by atoms with E-state index in [-0.39, 0.29) is 17.3 Å². The normalized spacial score (nSPS) is 15.0. The Morgan fingerprint density at radius 2 is 1.93 bits per heavy atom. The van der Waals surface area contributed by atoms with Crippen molar-refractivity contribution in [2.45, 2.75) is 26.8 Å². The summed E-state index contributed by atoms with van der Waals surface area (Å²) in [4.78, 5) is 27.9. The molecule has 154 valence electrons. The predicted molar refractivity (Wildman–Crippen MR) is 111 cm³/mol. The van der Waals surface area contributed by atoms with Crippen molar-refractivity contribution in [2.24, 2.45) is 0 Å². The maximum atomic E-state index is 13.0. The maximum Gasteiger partial charge on any atom is 0.311 e. The van der Waals surface area contributed by atoms with Crippen LogP contribution in [0.25, 0.3) is 0 Å². The van der Waals surface area contributed by atoms with E-state index in [0.29, 0.717) is 25.3 Å². The molecular weight excluding hydrogens is 370 g/mol. The lowest BCUT2D eigenvalue weighted by Gasteiger charge is -2.22. The van der Waals surface area contributed by atoms with Gasteiger partial charge in [-0.3, -0.25) is 19.8 Å². The quantitative estimate of drug-likeness (QED) is 0.549. The van der Waals surface area contributed by atoms with Crippen molar-refractivity contribution >= 4 is 11.6 Å². The third-order valence-corrected chi connectivity index (χ3v) is 5.23. The van der Waals surface area contributed by atoms with Crippen molar-refractivity contribution < 1.29 is 14.5 Å². The van der Waals surface area contributed by atoms with Gasteiger partial charge in [-0.15, -0.1) is 0 Å². The van der Waals surface area contributed by atoms with Crippen LogP contribution in [0.3, 0.4) is 0 Å². The third kappa shape index (κ3) is 5.12. The average Bonchev–Trinajstić information content (AvgIpc) is 2.95. The predicted octanol–water partition coefficient (Wildman–Crippen LogP) is 3.65. The first-order chi connectivity index (χ1) is 14.0. The van der Waals surface area contributed by atoms with Gasteiger partial charge in [0.2, 0.25) is 0 Å². The summed E-state index contributed by atoms with van der Waals surface area (Å²) < 4.78 is 5.31. The summed E-state index contributed by atoms with van der Waals surface area (Å²) in [6, 6.07) is 12.8. The fraction of sp³-hybridized carbons (Fsp3) is 0.409. The van der Waals surface area contributed by atoms with Gasteiger partial charge >= 0.3 is 5.69 Å². The Hall–Kier alpha value is -2.93. The largest absolute Gasteiger partial charge is 0.487 e. The molecule has 1 aliphatic rings. The van der Waals surface area contributed by atoms with Crippen LogP contribution < -0.4 is 4.74 Å². The van der Waals surface area contributed by atoms with Gasteiger partial charge in [-0.05, 0) is 43.5 Å². The van der Waals surface area contributed by atoms with Crippen molar-refractivity contribution in [3.63, 3.8) is 0 Å². The first-order valence-corrected chi connectivity index (χ1v) is 9.97. The molecule has 0 saturated carbocycles.